The average Bonchev–Trinajstić information content (AvgIpc) is 3.12. The Labute approximate surface area is 195 Å². The molecule has 0 N–H and O–H groups in total. The molecule has 0 aliphatic carbocycles. The molecule has 1 saturated heterocycles. The standard InChI is InChI=1S/C22H25ClN4O2S2/c1-13(23)4-9-30-21-18-17(24-12-25-21)16-14-10-22(2,3)29-11-15(14)19(26-20(16)31-18)27-5-7-28-8-6-27/h4,12H,5-11H2,1-3H3/b13-4-. The predicted molar refractivity (Wildman–Crippen MR) is 129 cm³/mol. The summed E-state index contributed by atoms with van der Waals surface area (Å²) in [5, 5.41) is 2.94. The first-order valence-corrected chi connectivity index (χ1v) is 12.6. The SMILES string of the molecule is C/C(Cl)=C/CSc1ncnc2c1sc1nc(N3CCOCC3)c3c(c12)CC(C)(C)OC3. The number of allylic oxidation sites excluding steroid dienone is 1. The Morgan fingerprint density at radius 1 is 1.29 bits per heavy atom. The highest BCUT2D eigenvalue weighted by Crippen LogP contribution is 2.44. The second-order valence-electron chi connectivity index (χ2n) is 8.46. The zero-order valence-corrected chi connectivity index (χ0v) is 20.3. The lowest BCUT2D eigenvalue weighted by atomic mass is 9.90. The van der Waals surface area contributed by atoms with Crippen molar-refractivity contribution >= 4 is 61.0 Å². The Balaban J connectivity index is 1.70. The van der Waals surface area contributed by atoms with E-state index in [2.05, 4.69) is 23.7 Å². The average molecular weight is 477 g/mol. The van der Waals surface area contributed by atoms with Crippen LogP contribution in [0.5, 0.6) is 0 Å². The van der Waals surface area contributed by atoms with Crippen LogP contribution in [0, 0.1) is 0 Å². The Morgan fingerprint density at radius 3 is 2.87 bits per heavy atom. The lowest BCUT2D eigenvalue weighted by Gasteiger charge is -2.36. The second-order valence-corrected chi connectivity index (χ2v) is 11.1. The number of hydrogen-bond donors (Lipinski definition) is 0. The van der Waals surface area contributed by atoms with Crippen LogP contribution < -0.4 is 4.90 Å². The van der Waals surface area contributed by atoms with Gasteiger partial charge in [0.25, 0.3) is 0 Å². The number of rotatable bonds is 4. The van der Waals surface area contributed by atoms with Crippen molar-refractivity contribution in [3.63, 3.8) is 0 Å². The molecule has 0 radical (unpaired) electrons. The summed E-state index contributed by atoms with van der Waals surface area (Å²) in [6, 6.07) is 0. The number of fused-ring (bicyclic) bond motifs is 5. The number of pyridine rings is 1. The number of nitrogens with zero attached hydrogens (tertiary/aromatic N) is 4. The highest BCUT2D eigenvalue weighted by Gasteiger charge is 2.33. The molecule has 0 amide bonds. The number of aromatic nitrogens is 3. The molecule has 0 saturated carbocycles. The van der Waals surface area contributed by atoms with Gasteiger partial charge in [0.15, 0.2) is 0 Å². The maximum atomic E-state index is 6.21. The molecular weight excluding hydrogens is 452 g/mol. The van der Waals surface area contributed by atoms with Gasteiger partial charge in [-0.1, -0.05) is 17.7 Å². The molecule has 6 nitrogen and oxygen atoms in total. The largest absolute Gasteiger partial charge is 0.378 e. The van der Waals surface area contributed by atoms with E-state index in [1.165, 1.54) is 11.1 Å². The van der Waals surface area contributed by atoms with Gasteiger partial charge in [-0.25, -0.2) is 15.0 Å². The van der Waals surface area contributed by atoms with Crippen LogP contribution in [0.2, 0.25) is 0 Å². The van der Waals surface area contributed by atoms with Gasteiger partial charge in [0, 0.05) is 41.2 Å². The molecule has 0 atom stereocenters. The zero-order chi connectivity index (χ0) is 21.6. The highest BCUT2D eigenvalue weighted by molar-refractivity contribution is 7.99. The van der Waals surface area contributed by atoms with E-state index in [1.54, 1.807) is 29.4 Å². The number of thiophene rings is 1. The first-order valence-electron chi connectivity index (χ1n) is 10.4. The fourth-order valence-electron chi connectivity index (χ4n) is 4.14. The van der Waals surface area contributed by atoms with Crippen LogP contribution >= 0.6 is 34.7 Å². The maximum Gasteiger partial charge on any atom is 0.136 e. The molecule has 1 fully saturated rings. The van der Waals surface area contributed by atoms with Gasteiger partial charge in [0.2, 0.25) is 0 Å². The van der Waals surface area contributed by atoms with Crippen molar-refractivity contribution < 1.29 is 9.47 Å². The topological polar surface area (TPSA) is 60.4 Å². The smallest absolute Gasteiger partial charge is 0.136 e. The normalized spacial score (nSPS) is 19.2. The fourth-order valence-corrected chi connectivity index (χ4v) is 6.49. The van der Waals surface area contributed by atoms with Crippen molar-refractivity contribution in [2.24, 2.45) is 0 Å². The molecule has 2 aliphatic rings. The van der Waals surface area contributed by atoms with E-state index in [-0.39, 0.29) is 5.60 Å². The van der Waals surface area contributed by atoms with Crippen molar-refractivity contribution in [2.75, 3.05) is 37.0 Å². The molecule has 164 valence electrons. The van der Waals surface area contributed by atoms with Gasteiger partial charge in [0.05, 0.1) is 35.6 Å². The van der Waals surface area contributed by atoms with Gasteiger partial charge in [-0.05, 0) is 26.3 Å². The van der Waals surface area contributed by atoms with Crippen LogP contribution in [0.25, 0.3) is 20.4 Å². The van der Waals surface area contributed by atoms with E-state index < -0.39 is 0 Å². The van der Waals surface area contributed by atoms with Crippen molar-refractivity contribution in [1.82, 2.24) is 15.0 Å². The molecule has 0 aromatic carbocycles. The van der Waals surface area contributed by atoms with Crippen molar-refractivity contribution in [3.05, 3.63) is 28.6 Å². The van der Waals surface area contributed by atoms with Gasteiger partial charge < -0.3 is 14.4 Å². The van der Waals surface area contributed by atoms with Crippen LogP contribution in [0.15, 0.2) is 22.5 Å². The van der Waals surface area contributed by atoms with Crippen LogP contribution in [-0.4, -0.2) is 52.6 Å². The van der Waals surface area contributed by atoms with Crippen LogP contribution in [0.4, 0.5) is 5.82 Å². The minimum absolute atomic E-state index is 0.217. The lowest BCUT2D eigenvalue weighted by Crippen LogP contribution is -2.39. The van der Waals surface area contributed by atoms with E-state index in [4.69, 9.17) is 31.0 Å². The Kier molecular flexibility index (Phi) is 5.85. The van der Waals surface area contributed by atoms with Gasteiger partial charge in [-0.3, -0.25) is 0 Å². The van der Waals surface area contributed by atoms with Crippen LogP contribution in [0.3, 0.4) is 0 Å². The third-order valence-electron chi connectivity index (χ3n) is 5.67. The summed E-state index contributed by atoms with van der Waals surface area (Å²) in [6.45, 7) is 9.94. The summed E-state index contributed by atoms with van der Waals surface area (Å²) in [5.41, 5.74) is 3.30. The first-order chi connectivity index (χ1) is 14.9. The Hall–Kier alpha value is -1.45. The molecule has 9 heteroatoms. The summed E-state index contributed by atoms with van der Waals surface area (Å²) in [7, 11) is 0. The number of morpholine rings is 1. The minimum atomic E-state index is -0.217. The van der Waals surface area contributed by atoms with E-state index in [9.17, 15) is 0 Å². The molecule has 0 unspecified atom stereocenters. The van der Waals surface area contributed by atoms with Gasteiger partial charge in [-0.2, -0.15) is 0 Å². The van der Waals surface area contributed by atoms with Crippen molar-refractivity contribution in [1.29, 1.82) is 0 Å². The molecule has 5 heterocycles. The first kappa shape index (κ1) is 21.4. The van der Waals surface area contributed by atoms with Gasteiger partial charge >= 0.3 is 0 Å². The van der Waals surface area contributed by atoms with Crippen LogP contribution in [0.1, 0.15) is 31.9 Å². The van der Waals surface area contributed by atoms with Crippen molar-refractivity contribution in [2.45, 2.75) is 44.4 Å². The van der Waals surface area contributed by atoms with E-state index >= 15 is 0 Å². The summed E-state index contributed by atoms with van der Waals surface area (Å²) in [5.74, 6) is 1.82. The molecule has 5 rings (SSSR count). The monoisotopic (exact) mass is 476 g/mol. The zero-order valence-electron chi connectivity index (χ0n) is 17.9. The van der Waals surface area contributed by atoms with Gasteiger partial charge in [0.1, 0.15) is 22.0 Å². The third-order valence-corrected chi connectivity index (χ3v) is 7.95. The summed E-state index contributed by atoms with van der Waals surface area (Å²) in [4.78, 5) is 17.8. The van der Waals surface area contributed by atoms with Crippen molar-refractivity contribution in [3.8, 4) is 0 Å². The van der Waals surface area contributed by atoms with E-state index in [0.717, 1.165) is 74.8 Å². The fraction of sp³-hybridized carbons (Fsp3) is 0.500. The molecule has 2 aliphatic heterocycles. The summed E-state index contributed by atoms with van der Waals surface area (Å²) in [6.07, 6.45) is 4.51. The van der Waals surface area contributed by atoms with E-state index in [1.807, 2.05) is 13.0 Å². The molecule has 3 aromatic rings. The highest BCUT2D eigenvalue weighted by atomic mass is 35.5. The van der Waals surface area contributed by atoms with Crippen LogP contribution in [-0.2, 0) is 22.5 Å². The number of anilines is 1. The maximum absolute atomic E-state index is 6.21. The summed E-state index contributed by atoms with van der Waals surface area (Å²) >= 11 is 9.38. The van der Waals surface area contributed by atoms with Gasteiger partial charge in [-0.15, -0.1) is 23.1 Å². The Morgan fingerprint density at radius 2 is 2.10 bits per heavy atom. The third kappa shape index (κ3) is 4.16. The molecular formula is C22H25ClN4O2S2. The lowest BCUT2D eigenvalue weighted by molar-refractivity contribution is -0.0396. The molecule has 0 bridgehead atoms. The number of thioether (sulfide) groups is 1. The number of hydrogen-bond acceptors (Lipinski definition) is 8. The molecule has 31 heavy (non-hydrogen) atoms. The number of halogens is 1. The second kappa shape index (κ2) is 8.48. The minimum Gasteiger partial charge on any atom is -0.378 e. The predicted octanol–water partition coefficient (Wildman–Crippen LogP) is 5.16. The number of ether oxygens (including phenoxy) is 2. The Bertz CT molecular complexity index is 1170. The molecule has 0 spiro atoms. The summed E-state index contributed by atoms with van der Waals surface area (Å²) < 4.78 is 12.9. The quantitative estimate of drug-likeness (QED) is 0.380. The molecule has 3 aromatic heterocycles. The van der Waals surface area contributed by atoms with E-state index in [0.29, 0.717) is 6.61 Å².